The van der Waals surface area contributed by atoms with Crippen LogP contribution >= 0.6 is 15.9 Å². The summed E-state index contributed by atoms with van der Waals surface area (Å²) in [5.74, 6) is -0.113. The van der Waals surface area contributed by atoms with Crippen LogP contribution in [0.25, 0.3) is 0 Å². The molecule has 0 spiro atoms. The van der Waals surface area contributed by atoms with Gasteiger partial charge in [0.05, 0.1) is 4.47 Å². The van der Waals surface area contributed by atoms with Gasteiger partial charge in [-0.05, 0) is 28.4 Å². The molecule has 94 valence electrons. The summed E-state index contributed by atoms with van der Waals surface area (Å²) in [5.41, 5.74) is 0.809. The third kappa shape index (κ3) is 2.87. The lowest BCUT2D eigenvalue weighted by Gasteiger charge is -2.35. The van der Waals surface area contributed by atoms with Gasteiger partial charge >= 0.3 is 0 Å². The minimum Gasteiger partial charge on any atom is -0.314 e. The first-order valence-corrected chi connectivity index (χ1v) is 6.92. The molecule has 1 atom stereocenters. The standard InChI is InChI=1S/C13H18BrFN2/c1-2-12(17-8-6-16-7-9-17)10-4-3-5-11(14)13(10)15/h3-5,12,16H,2,6-9H2,1H3/t12-/m1/s1. The Morgan fingerprint density at radius 3 is 2.76 bits per heavy atom. The summed E-state index contributed by atoms with van der Waals surface area (Å²) in [5, 5.41) is 3.33. The van der Waals surface area contributed by atoms with Crippen LogP contribution in [0.15, 0.2) is 22.7 Å². The van der Waals surface area contributed by atoms with E-state index in [4.69, 9.17) is 0 Å². The van der Waals surface area contributed by atoms with Gasteiger partial charge in [-0.1, -0.05) is 19.1 Å². The number of nitrogens with one attached hydrogen (secondary N) is 1. The Kier molecular flexibility index (Phi) is 4.54. The number of benzene rings is 1. The molecule has 1 N–H and O–H groups in total. The Morgan fingerprint density at radius 2 is 2.12 bits per heavy atom. The van der Waals surface area contributed by atoms with Crippen molar-refractivity contribution in [2.45, 2.75) is 19.4 Å². The number of hydrogen-bond acceptors (Lipinski definition) is 2. The molecule has 0 aromatic heterocycles. The van der Waals surface area contributed by atoms with Crippen LogP contribution in [0.2, 0.25) is 0 Å². The van der Waals surface area contributed by atoms with E-state index in [9.17, 15) is 4.39 Å². The molecule has 1 heterocycles. The fourth-order valence-corrected chi connectivity index (χ4v) is 2.83. The van der Waals surface area contributed by atoms with E-state index >= 15 is 0 Å². The highest BCUT2D eigenvalue weighted by molar-refractivity contribution is 9.10. The molecule has 0 saturated carbocycles. The van der Waals surface area contributed by atoms with Gasteiger partial charge in [0.15, 0.2) is 0 Å². The molecule has 1 aliphatic rings. The quantitative estimate of drug-likeness (QED) is 0.923. The van der Waals surface area contributed by atoms with Crippen molar-refractivity contribution in [1.29, 1.82) is 0 Å². The summed E-state index contributed by atoms with van der Waals surface area (Å²) >= 11 is 3.26. The predicted molar refractivity (Wildman–Crippen MR) is 71.6 cm³/mol. The zero-order valence-corrected chi connectivity index (χ0v) is 11.6. The molecule has 1 aromatic carbocycles. The number of piperazine rings is 1. The summed E-state index contributed by atoms with van der Waals surface area (Å²) in [6.45, 7) is 6.08. The van der Waals surface area contributed by atoms with E-state index in [1.165, 1.54) is 0 Å². The van der Waals surface area contributed by atoms with E-state index in [1.807, 2.05) is 12.1 Å². The van der Waals surface area contributed by atoms with Crippen molar-refractivity contribution in [3.63, 3.8) is 0 Å². The van der Waals surface area contributed by atoms with E-state index in [1.54, 1.807) is 6.07 Å². The zero-order valence-electron chi connectivity index (χ0n) is 10.0. The molecular formula is C13H18BrFN2. The number of halogens is 2. The molecule has 1 aliphatic heterocycles. The molecule has 0 bridgehead atoms. The Balaban J connectivity index is 2.24. The second kappa shape index (κ2) is 5.94. The molecule has 0 radical (unpaired) electrons. The predicted octanol–water partition coefficient (Wildman–Crippen LogP) is 2.94. The van der Waals surface area contributed by atoms with Crippen LogP contribution in [0.3, 0.4) is 0 Å². The lowest BCUT2D eigenvalue weighted by atomic mass is 10.0. The van der Waals surface area contributed by atoms with Crippen molar-refractivity contribution in [3.05, 3.63) is 34.1 Å². The maximum Gasteiger partial charge on any atom is 0.142 e. The highest BCUT2D eigenvalue weighted by Gasteiger charge is 2.23. The van der Waals surface area contributed by atoms with Crippen LogP contribution in [0.1, 0.15) is 24.9 Å². The fourth-order valence-electron chi connectivity index (χ4n) is 2.45. The Hall–Kier alpha value is -0.450. The average molecular weight is 301 g/mol. The SMILES string of the molecule is CC[C@H](c1cccc(Br)c1F)N1CCNCC1. The van der Waals surface area contributed by atoms with Crippen molar-refractivity contribution >= 4 is 15.9 Å². The third-order valence-electron chi connectivity index (χ3n) is 3.32. The summed E-state index contributed by atoms with van der Waals surface area (Å²) in [7, 11) is 0. The lowest BCUT2D eigenvalue weighted by Crippen LogP contribution is -2.45. The van der Waals surface area contributed by atoms with Crippen LogP contribution in [0, 0.1) is 5.82 Å². The van der Waals surface area contributed by atoms with Crippen molar-refractivity contribution < 1.29 is 4.39 Å². The lowest BCUT2D eigenvalue weighted by molar-refractivity contribution is 0.166. The van der Waals surface area contributed by atoms with E-state index < -0.39 is 0 Å². The van der Waals surface area contributed by atoms with Crippen LogP contribution in [0.5, 0.6) is 0 Å². The van der Waals surface area contributed by atoms with Gasteiger partial charge in [0.2, 0.25) is 0 Å². The second-order valence-electron chi connectivity index (χ2n) is 4.35. The van der Waals surface area contributed by atoms with Crippen molar-refractivity contribution in [2.75, 3.05) is 26.2 Å². The minimum atomic E-state index is -0.113. The van der Waals surface area contributed by atoms with Crippen LogP contribution in [0.4, 0.5) is 4.39 Å². The summed E-state index contributed by atoms with van der Waals surface area (Å²) in [6, 6.07) is 5.75. The maximum atomic E-state index is 14.1. The number of rotatable bonds is 3. The van der Waals surface area contributed by atoms with E-state index in [0.29, 0.717) is 4.47 Å². The van der Waals surface area contributed by atoms with Crippen molar-refractivity contribution in [2.24, 2.45) is 0 Å². The minimum absolute atomic E-state index is 0.113. The largest absolute Gasteiger partial charge is 0.314 e. The molecule has 0 amide bonds. The molecule has 0 unspecified atom stereocenters. The summed E-state index contributed by atoms with van der Waals surface area (Å²) in [4.78, 5) is 2.36. The monoisotopic (exact) mass is 300 g/mol. The molecule has 17 heavy (non-hydrogen) atoms. The van der Waals surface area contributed by atoms with Gasteiger partial charge < -0.3 is 5.32 Å². The first kappa shape index (κ1) is 13.0. The normalized spacial score (nSPS) is 19.2. The van der Waals surface area contributed by atoms with Gasteiger partial charge in [0, 0.05) is 37.8 Å². The van der Waals surface area contributed by atoms with Gasteiger partial charge in [-0.25, -0.2) is 4.39 Å². The number of nitrogens with zero attached hydrogens (tertiary/aromatic N) is 1. The highest BCUT2D eigenvalue weighted by Crippen LogP contribution is 2.29. The second-order valence-corrected chi connectivity index (χ2v) is 5.21. The molecule has 2 rings (SSSR count). The molecule has 4 heteroatoms. The van der Waals surface area contributed by atoms with Gasteiger partial charge in [-0.2, -0.15) is 0 Å². The summed E-state index contributed by atoms with van der Waals surface area (Å²) < 4.78 is 14.7. The van der Waals surface area contributed by atoms with Gasteiger partial charge in [-0.15, -0.1) is 0 Å². The van der Waals surface area contributed by atoms with E-state index in [-0.39, 0.29) is 11.9 Å². The van der Waals surface area contributed by atoms with Gasteiger partial charge in [-0.3, -0.25) is 4.90 Å². The Morgan fingerprint density at radius 1 is 1.41 bits per heavy atom. The zero-order chi connectivity index (χ0) is 12.3. The van der Waals surface area contributed by atoms with Crippen LogP contribution in [-0.4, -0.2) is 31.1 Å². The van der Waals surface area contributed by atoms with Crippen LogP contribution in [-0.2, 0) is 0 Å². The molecule has 1 fully saturated rings. The topological polar surface area (TPSA) is 15.3 Å². The van der Waals surface area contributed by atoms with Crippen LogP contribution < -0.4 is 5.32 Å². The van der Waals surface area contributed by atoms with Gasteiger partial charge in [0.25, 0.3) is 0 Å². The highest BCUT2D eigenvalue weighted by atomic mass is 79.9. The third-order valence-corrected chi connectivity index (χ3v) is 3.93. The molecule has 1 saturated heterocycles. The fraction of sp³-hybridized carbons (Fsp3) is 0.538. The smallest absolute Gasteiger partial charge is 0.142 e. The molecule has 0 aliphatic carbocycles. The van der Waals surface area contributed by atoms with E-state index in [0.717, 1.165) is 38.2 Å². The van der Waals surface area contributed by atoms with Crippen molar-refractivity contribution in [3.8, 4) is 0 Å². The first-order chi connectivity index (χ1) is 8.24. The summed E-state index contributed by atoms with van der Waals surface area (Å²) in [6.07, 6.45) is 0.938. The maximum absolute atomic E-state index is 14.1. The average Bonchev–Trinajstić information content (AvgIpc) is 2.37. The first-order valence-electron chi connectivity index (χ1n) is 6.12. The Bertz CT molecular complexity index is 378. The molecule has 2 nitrogen and oxygen atoms in total. The van der Waals surface area contributed by atoms with Gasteiger partial charge in [0.1, 0.15) is 5.82 Å². The Labute approximate surface area is 110 Å². The molecular weight excluding hydrogens is 283 g/mol. The van der Waals surface area contributed by atoms with E-state index in [2.05, 4.69) is 33.1 Å². The number of hydrogen-bond donors (Lipinski definition) is 1. The van der Waals surface area contributed by atoms with Crippen molar-refractivity contribution in [1.82, 2.24) is 10.2 Å². The molecule has 1 aromatic rings.